The van der Waals surface area contributed by atoms with Gasteiger partial charge in [0.15, 0.2) is 15.0 Å². The second kappa shape index (κ2) is 7.61. The molecule has 26 heavy (non-hydrogen) atoms. The number of thiophene rings is 1. The third kappa shape index (κ3) is 4.00. The van der Waals surface area contributed by atoms with Crippen molar-refractivity contribution < 1.29 is 13.5 Å². The molecule has 0 bridgehead atoms. The van der Waals surface area contributed by atoms with Gasteiger partial charge >= 0.3 is 0 Å². The highest BCUT2D eigenvalue weighted by Crippen LogP contribution is 2.36. The van der Waals surface area contributed by atoms with Crippen LogP contribution in [0.3, 0.4) is 0 Å². The van der Waals surface area contributed by atoms with E-state index in [1.54, 1.807) is 11.3 Å². The zero-order valence-electron chi connectivity index (χ0n) is 14.5. The lowest BCUT2D eigenvalue weighted by atomic mass is 9.95. The molecule has 6 nitrogen and oxygen atoms in total. The SMILES string of the molecule is O=S1(=O)C[C@H](Sc2nnc(Cc3cccs3)n2C2CCCCC2)[C@@H](O)C1. The smallest absolute Gasteiger partial charge is 0.191 e. The van der Waals surface area contributed by atoms with Crippen LogP contribution in [0.2, 0.25) is 0 Å². The number of hydrogen-bond acceptors (Lipinski definition) is 7. The van der Waals surface area contributed by atoms with Crippen molar-refractivity contribution in [1.29, 1.82) is 0 Å². The Kier molecular flexibility index (Phi) is 5.41. The summed E-state index contributed by atoms with van der Waals surface area (Å²) in [6.07, 6.45) is 5.79. The topological polar surface area (TPSA) is 85.1 Å². The molecule has 0 radical (unpaired) electrons. The highest BCUT2D eigenvalue weighted by molar-refractivity contribution is 8.01. The second-order valence-corrected chi connectivity index (χ2v) is 11.5. The summed E-state index contributed by atoms with van der Waals surface area (Å²) in [5.41, 5.74) is 0. The third-order valence-corrected chi connectivity index (χ3v) is 9.19. The first-order valence-electron chi connectivity index (χ1n) is 9.03. The molecule has 142 valence electrons. The van der Waals surface area contributed by atoms with E-state index in [9.17, 15) is 13.5 Å². The van der Waals surface area contributed by atoms with Crippen molar-refractivity contribution in [2.24, 2.45) is 0 Å². The first-order chi connectivity index (χ1) is 12.5. The first kappa shape index (κ1) is 18.5. The summed E-state index contributed by atoms with van der Waals surface area (Å²) in [5.74, 6) is 0.804. The van der Waals surface area contributed by atoms with E-state index >= 15 is 0 Å². The van der Waals surface area contributed by atoms with Gasteiger partial charge in [0.05, 0.1) is 22.9 Å². The Hall–Kier alpha value is -0.900. The van der Waals surface area contributed by atoms with Crippen LogP contribution in [-0.2, 0) is 16.3 Å². The summed E-state index contributed by atoms with van der Waals surface area (Å²) in [7, 11) is -3.16. The molecule has 0 amide bonds. The zero-order valence-corrected chi connectivity index (χ0v) is 16.9. The molecule has 1 saturated heterocycles. The van der Waals surface area contributed by atoms with Gasteiger partial charge in [0.25, 0.3) is 0 Å². The van der Waals surface area contributed by atoms with Crippen molar-refractivity contribution in [1.82, 2.24) is 14.8 Å². The molecule has 1 aliphatic carbocycles. The summed E-state index contributed by atoms with van der Waals surface area (Å²) < 4.78 is 25.9. The number of aliphatic hydroxyl groups is 1. The Morgan fingerprint density at radius 1 is 1.23 bits per heavy atom. The molecule has 0 aromatic carbocycles. The second-order valence-electron chi connectivity index (χ2n) is 7.12. The Bertz CT molecular complexity index is 842. The minimum atomic E-state index is -3.16. The number of nitrogens with zero attached hydrogens (tertiary/aromatic N) is 3. The van der Waals surface area contributed by atoms with Gasteiger partial charge in [-0.2, -0.15) is 0 Å². The van der Waals surface area contributed by atoms with Crippen molar-refractivity contribution in [3.63, 3.8) is 0 Å². The minimum absolute atomic E-state index is 0.0105. The maximum atomic E-state index is 11.8. The number of aliphatic hydroxyl groups excluding tert-OH is 1. The van der Waals surface area contributed by atoms with Crippen LogP contribution in [0.4, 0.5) is 0 Å². The molecule has 1 aliphatic heterocycles. The highest BCUT2D eigenvalue weighted by Gasteiger charge is 2.38. The fraction of sp³-hybridized carbons (Fsp3) is 0.647. The van der Waals surface area contributed by atoms with Crippen LogP contribution in [0.15, 0.2) is 22.7 Å². The molecule has 9 heteroatoms. The Morgan fingerprint density at radius 2 is 2.04 bits per heavy atom. The Balaban J connectivity index is 1.62. The van der Waals surface area contributed by atoms with Gasteiger partial charge in [-0.25, -0.2) is 8.42 Å². The van der Waals surface area contributed by atoms with E-state index < -0.39 is 15.9 Å². The fourth-order valence-corrected chi connectivity index (χ4v) is 8.14. The summed E-state index contributed by atoms with van der Waals surface area (Å²) in [4.78, 5) is 1.24. The van der Waals surface area contributed by atoms with Crippen molar-refractivity contribution >= 4 is 32.9 Å². The van der Waals surface area contributed by atoms with Crippen LogP contribution in [-0.4, -0.2) is 51.1 Å². The van der Waals surface area contributed by atoms with E-state index in [0.29, 0.717) is 6.04 Å². The van der Waals surface area contributed by atoms with Crippen LogP contribution in [0, 0.1) is 0 Å². The van der Waals surface area contributed by atoms with Crippen molar-refractivity contribution in [3.05, 3.63) is 28.2 Å². The van der Waals surface area contributed by atoms with Crippen LogP contribution in [0.5, 0.6) is 0 Å². The van der Waals surface area contributed by atoms with Gasteiger partial charge in [-0.1, -0.05) is 37.1 Å². The molecule has 2 aliphatic rings. The van der Waals surface area contributed by atoms with Gasteiger partial charge in [-0.05, 0) is 24.3 Å². The van der Waals surface area contributed by atoms with Gasteiger partial charge in [-0.15, -0.1) is 21.5 Å². The number of thioether (sulfide) groups is 1. The third-order valence-electron chi connectivity index (χ3n) is 5.12. The number of aromatic nitrogens is 3. The molecule has 2 aromatic rings. The quantitative estimate of drug-likeness (QED) is 0.811. The summed E-state index contributed by atoms with van der Waals surface area (Å²) >= 11 is 3.09. The molecule has 4 rings (SSSR count). The number of hydrogen-bond donors (Lipinski definition) is 1. The average molecular weight is 414 g/mol. The molecule has 0 unspecified atom stereocenters. The zero-order chi connectivity index (χ0) is 18.1. The number of rotatable bonds is 5. The van der Waals surface area contributed by atoms with E-state index in [-0.39, 0.29) is 16.8 Å². The lowest BCUT2D eigenvalue weighted by Gasteiger charge is -2.26. The van der Waals surface area contributed by atoms with Crippen LogP contribution in [0.1, 0.15) is 48.8 Å². The molecular formula is C17H23N3O3S3. The van der Waals surface area contributed by atoms with Gasteiger partial charge < -0.3 is 9.67 Å². The molecule has 2 fully saturated rings. The Morgan fingerprint density at radius 3 is 2.69 bits per heavy atom. The number of sulfone groups is 1. The van der Waals surface area contributed by atoms with E-state index in [0.717, 1.165) is 30.2 Å². The van der Waals surface area contributed by atoms with Gasteiger partial charge in [0.1, 0.15) is 5.82 Å². The van der Waals surface area contributed by atoms with Crippen LogP contribution in [0.25, 0.3) is 0 Å². The molecule has 2 atom stereocenters. The maximum Gasteiger partial charge on any atom is 0.191 e. The molecular weight excluding hydrogens is 390 g/mol. The monoisotopic (exact) mass is 413 g/mol. The predicted octanol–water partition coefficient (Wildman–Crippen LogP) is 2.69. The lowest BCUT2D eigenvalue weighted by molar-refractivity contribution is 0.207. The highest BCUT2D eigenvalue weighted by atomic mass is 32.2. The maximum absolute atomic E-state index is 11.8. The molecule has 1 saturated carbocycles. The lowest BCUT2D eigenvalue weighted by Crippen LogP contribution is -2.22. The summed E-state index contributed by atoms with van der Waals surface area (Å²) in [6.45, 7) is 0. The minimum Gasteiger partial charge on any atom is -0.391 e. The van der Waals surface area contributed by atoms with Gasteiger partial charge in [-0.3, -0.25) is 0 Å². The predicted molar refractivity (Wildman–Crippen MR) is 104 cm³/mol. The van der Waals surface area contributed by atoms with E-state index in [1.165, 1.54) is 35.9 Å². The van der Waals surface area contributed by atoms with Gasteiger partial charge in [0, 0.05) is 17.3 Å². The van der Waals surface area contributed by atoms with Crippen LogP contribution < -0.4 is 0 Å². The molecule has 2 aromatic heterocycles. The first-order valence-corrected chi connectivity index (χ1v) is 12.6. The van der Waals surface area contributed by atoms with Gasteiger partial charge in [0.2, 0.25) is 0 Å². The summed E-state index contributed by atoms with van der Waals surface area (Å²) in [6, 6.07) is 4.51. The molecule has 0 spiro atoms. The van der Waals surface area contributed by atoms with E-state index in [1.807, 2.05) is 6.07 Å². The van der Waals surface area contributed by atoms with E-state index in [2.05, 4.69) is 26.2 Å². The average Bonchev–Trinajstić information content (AvgIpc) is 3.30. The standard InChI is InChI=1S/C17H23N3O3S3/c21-14-10-26(22,23)11-15(14)25-17-19-18-16(9-13-7-4-8-24-13)20(17)12-5-2-1-3-6-12/h4,7-8,12,14-15,21H,1-3,5-6,9-11H2/t14-,15-/m0/s1. The van der Waals surface area contributed by atoms with Crippen molar-refractivity contribution in [3.8, 4) is 0 Å². The summed E-state index contributed by atoms with van der Waals surface area (Å²) in [5, 5.41) is 21.4. The van der Waals surface area contributed by atoms with E-state index in [4.69, 9.17) is 0 Å². The van der Waals surface area contributed by atoms with Crippen molar-refractivity contribution in [2.45, 2.75) is 61.1 Å². The Labute approximate surface area is 162 Å². The normalized spacial score (nSPS) is 26.3. The molecule has 3 heterocycles. The largest absolute Gasteiger partial charge is 0.391 e. The van der Waals surface area contributed by atoms with Crippen molar-refractivity contribution in [2.75, 3.05) is 11.5 Å². The fourth-order valence-electron chi connectivity index (χ4n) is 3.83. The van der Waals surface area contributed by atoms with Crippen LogP contribution >= 0.6 is 23.1 Å². The molecule has 1 N–H and O–H groups in total.